The second-order valence-electron chi connectivity index (χ2n) is 5.41. The average molecular weight is 198 g/mol. The minimum absolute atomic E-state index is 0.367. The van der Waals surface area contributed by atoms with Crippen molar-refractivity contribution in [2.24, 2.45) is 17.2 Å². The molecule has 0 aromatic rings. The van der Waals surface area contributed by atoms with Gasteiger partial charge in [0.2, 0.25) is 0 Å². The third-order valence-corrected chi connectivity index (χ3v) is 3.77. The molecule has 0 bridgehead atoms. The van der Waals surface area contributed by atoms with E-state index in [1.54, 1.807) is 0 Å². The first-order valence-electron chi connectivity index (χ1n) is 6.10. The van der Waals surface area contributed by atoms with E-state index in [9.17, 15) is 0 Å². The lowest BCUT2D eigenvalue weighted by Gasteiger charge is -2.35. The zero-order valence-electron chi connectivity index (χ0n) is 9.81. The normalized spacial score (nSPS) is 21.6. The fraction of sp³-hybridized carbons (Fsp3) is 1.00. The van der Waals surface area contributed by atoms with Crippen molar-refractivity contribution in [3.05, 3.63) is 0 Å². The summed E-state index contributed by atoms with van der Waals surface area (Å²) < 4.78 is 0. The van der Waals surface area contributed by atoms with Crippen LogP contribution in [-0.2, 0) is 0 Å². The van der Waals surface area contributed by atoms with Crippen molar-refractivity contribution in [2.75, 3.05) is 6.54 Å². The van der Waals surface area contributed by atoms with Gasteiger partial charge in [-0.1, -0.05) is 46.0 Å². The number of hydrazine groups is 1. The van der Waals surface area contributed by atoms with E-state index in [4.69, 9.17) is 5.84 Å². The lowest BCUT2D eigenvalue weighted by Crippen LogP contribution is -2.39. The summed E-state index contributed by atoms with van der Waals surface area (Å²) >= 11 is 0. The van der Waals surface area contributed by atoms with Gasteiger partial charge >= 0.3 is 0 Å². The van der Waals surface area contributed by atoms with Crippen LogP contribution in [0.5, 0.6) is 0 Å². The summed E-state index contributed by atoms with van der Waals surface area (Å²) in [6, 6.07) is 0. The summed E-state index contributed by atoms with van der Waals surface area (Å²) in [5, 5.41) is 0. The van der Waals surface area contributed by atoms with Crippen molar-refractivity contribution < 1.29 is 0 Å². The molecule has 0 saturated heterocycles. The Bertz CT molecular complexity index is 146. The molecule has 0 aromatic carbocycles. The molecule has 0 spiro atoms. The predicted octanol–water partition coefficient (Wildman–Crippen LogP) is 2.84. The second kappa shape index (κ2) is 5.72. The largest absolute Gasteiger partial charge is 0.271 e. The van der Waals surface area contributed by atoms with Crippen molar-refractivity contribution in [3.8, 4) is 0 Å². The fourth-order valence-corrected chi connectivity index (χ4v) is 2.65. The van der Waals surface area contributed by atoms with Gasteiger partial charge in [-0.15, -0.1) is 0 Å². The van der Waals surface area contributed by atoms with Gasteiger partial charge in [0.1, 0.15) is 0 Å². The minimum atomic E-state index is 0.367. The average Bonchev–Trinajstić information content (AvgIpc) is 2.01. The Morgan fingerprint density at radius 3 is 2.07 bits per heavy atom. The highest BCUT2D eigenvalue weighted by molar-refractivity contribution is 4.80. The monoisotopic (exact) mass is 198 g/mol. The van der Waals surface area contributed by atoms with Crippen molar-refractivity contribution in [1.29, 1.82) is 0 Å². The Balaban J connectivity index is 2.45. The summed E-state index contributed by atoms with van der Waals surface area (Å²) in [5.74, 6) is 6.30. The molecule has 2 heteroatoms. The van der Waals surface area contributed by atoms with Crippen LogP contribution in [0.4, 0.5) is 0 Å². The highest BCUT2D eigenvalue weighted by Crippen LogP contribution is 2.35. The first kappa shape index (κ1) is 12.0. The summed E-state index contributed by atoms with van der Waals surface area (Å²) in [5.41, 5.74) is 3.21. The molecule has 14 heavy (non-hydrogen) atoms. The molecule has 2 nitrogen and oxygen atoms in total. The van der Waals surface area contributed by atoms with Gasteiger partial charge in [-0.05, 0) is 24.2 Å². The Hall–Kier alpha value is -0.0800. The molecule has 0 unspecified atom stereocenters. The third-order valence-electron chi connectivity index (χ3n) is 3.77. The summed E-state index contributed by atoms with van der Waals surface area (Å²) in [6.45, 7) is 5.63. The maximum atomic E-state index is 5.44. The number of nitrogens with two attached hydrogens (primary N) is 1. The van der Waals surface area contributed by atoms with E-state index >= 15 is 0 Å². The number of nitrogens with one attached hydrogen (secondary N) is 1. The quantitative estimate of drug-likeness (QED) is 0.540. The maximum Gasteiger partial charge on any atom is 0.0151 e. The number of hydrogen-bond donors (Lipinski definition) is 2. The van der Waals surface area contributed by atoms with E-state index in [0.29, 0.717) is 5.41 Å². The van der Waals surface area contributed by atoms with Crippen LogP contribution in [0.2, 0.25) is 0 Å². The van der Waals surface area contributed by atoms with Crippen molar-refractivity contribution in [2.45, 2.75) is 58.8 Å². The number of rotatable bonds is 3. The molecule has 0 amide bonds. The molecular formula is C12H26N2. The molecule has 0 aliphatic heterocycles. The summed E-state index contributed by atoms with van der Waals surface area (Å²) in [4.78, 5) is 0. The molecule has 1 saturated carbocycles. The fourth-order valence-electron chi connectivity index (χ4n) is 2.65. The molecule has 84 valence electrons. The van der Waals surface area contributed by atoms with Crippen LogP contribution in [0, 0.1) is 11.3 Å². The van der Waals surface area contributed by atoms with Crippen molar-refractivity contribution >= 4 is 0 Å². The van der Waals surface area contributed by atoms with Gasteiger partial charge in [-0.3, -0.25) is 11.3 Å². The lowest BCUT2D eigenvalue weighted by molar-refractivity contribution is 0.166. The van der Waals surface area contributed by atoms with Gasteiger partial charge in [-0.2, -0.15) is 0 Å². The minimum Gasteiger partial charge on any atom is -0.271 e. The van der Waals surface area contributed by atoms with Crippen LogP contribution >= 0.6 is 0 Å². The molecule has 0 aromatic heterocycles. The van der Waals surface area contributed by atoms with Crippen LogP contribution in [0.3, 0.4) is 0 Å². The van der Waals surface area contributed by atoms with Crippen LogP contribution in [0.1, 0.15) is 58.8 Å². The molecule has 0 heterocycles. The van der Waals surface area contributed by atoms with Gasteiger partial charge in [0, 0.05) is 6.54 Å². The number of hydrogen-bond acceptors (Lipinski definition) is 2. The Labute approximate surface area is 88.6 Å². The van der Waals surface area contributed by atoms with Gasteiger partial charge in [0.15, 0.2) is 0 Å². The molecule has 1 rings (SSSR count). The van der Waals surface area contributed by atoms with E-state index in [2.05, 4.69) is 19.3 Å². The highest BCUT2D eigenvalue weighted by Gasteiger charge is 2.28. The summed E-state index contributed by atoms with van der Waals surface area (Å²) in [6.07, 6.45) is 9.94. The van der Waals surface area contributed by atoms with E-state index in [1.807, 2.05) is 0 Å². The summed E-state index contributed by atoms with van der Waals surface area (Å²) in [7, 11) is 0. The molecule has 1 aliphatic carbocycles. The predicted molar refractivity (Wildman–Crippen MR) is 61.8 cm³/mol. The first-order valence-corrected chi connectivity index (χ1v) is 6.10. The SMILES string of the molecule is CC(C)(CNN)C1CCCCCCC1. The Morgan fingerprint density at radius 2 is 1.57 bits per heavy atom. The first-order chi connectivity index (χ1) is 6.67. The van der Waals surface area contributed by atoms with Crippen LogP contribution in [0.15, 0.2) is 0 Å². The molecule has 1 fully saturated rings. The molecule has 3 N–H and O–H groups in total. The standard InChI is InChI=1S/C12H26N2/c1-12(2,10-14-13)11-8-6-4-3-5-7-9-11/h11,14H,3-10,13H2,1-2H3. The smallest absolute Gasteiger partial charge is 0.0151 e. The van der Waals surface area contributed by atoms with Crippen molar-refractivity contribution in [1.82, 2.24) is 5.43 Å². The zero-order chi connectivity index (χ0) is 10.4. The van der Waals surface area contributed by atoms with Gasteiger partial charge in [0.05, 0.1) is 0 Å². The second-order valence-corrected chi connectivity index (χ2v) is 5.41. The maximum absolute atomic E-state index is 5.44. The van der Waals surface area contributed by atoms with E-state index in [0.717, 1.165) is 12.5 Å². The zero-order valence-corrected chi connectivity index (χ0v) is 9.81. The van der Waals surface area contributed by atoms with Crippen LogP contribution in [0.25, 0.3) is 0 Å². The van der Waals surface area contributed by atoms with Gasteiger partial charge in [-0.25, -0.2) is 0 Å². The molecule has 0 atom stereocenters. The van der Waals surface area contributed by atoms with E-state index in [-0.39, 0.29) is 0 Å². The third kappa shape index (κ3) is 3.58. The van der Waals surface area contributed by atoms with Gasteiger partial charge in [0.25, 0.3) is 0 Å². The van der Waals surface area contributed by atoms with Gasteiger partial charge < -0.3 is 0 Å². The van der Waals surface area contributed by atoms with E-state index in [1.165, 1.54) is 44.9 Å². The Kier molecular flexibility index (Phi) is 4.90. The topological polar surface area (TPSA) is 38.0 Å². The highest BCUT2D eigenvalue weighted by atomic mass is 15.2. The molecular weight excluding hydrogens is 172 g/mol. The van der Waals surface area contributed by atoms with Crippen LogP contribution in [-0.4, -0.2) is 6.54 Å². The molecule has 1 aliphatic rings. The Morgan fingerprint density at radius 1 is 1.07 bits per heavy atom. The van der Waals surface area contributed by atoms with Crippen LogP contribution < -0.4 is 11.3 Å². The van der Waals surface area contributed by atoms with Crippen molar-refractivity contribution in [3.63, 3.8) is 0 Å². The van der Waals surface area contributed by atoms with E-state index < -0.39 is 0 Å². The lowest BCUT2D eigenvalue weighted by atomic mass is 9.72. The molecule has 0 radical (unpaired) electrons.